The molecule has 18 heavy (non-hydrogen) atoms. The van der Waals surface area contributed by atoms with E-state index in [1.165, 1.54) is 0 Å². The summed E-state index contributed by atoms with van der Waals surface area (Å²) in [7, 11) is 0. The zero-order chi connectivity index (χ0) is 12.4. The van der Waals surface area contributed by atoms with Crippen molar-refractivity contribution in [2.45, 2.75) is 19.4 Å². The fourth-order valence-electron chi connectivity index (χ4n) is 2.36. The lowest BCUT2D eigenvalue weighted by atomic mass is 9.95. The van der Waals surface area contributed by atoms with E-state index >= 15 is 0 Å². The zero-order valence-electron chi connectivity index (χ0n) is 10.0. The Labute approximate surface area is 106 Å². The second-order valence-electron chi connectivity index (χ2n) is 4.62. The number of aryl methyl sites for hydroxylation is 1. The molecule has 1 aromatic heterocycles. The highest BCUT2D eigenvalue weighted by Crippen LogP contribution is 2.21. The molecule has 1 N–H and O–H groups in total. The maximum atomic E-state index is 12.2. The van der Waals surface area contributed by atoms with Gasteiger partial charge in [-0.05, 0) is 18.6 Å². The van der Waals surface area contributed by atoms with Gasteiger partial charge < -0.3 is 9.88 Å². The quantitative estimate of drug-likeness (QED) is 0.875. The minimum atomic E-state index is 0.0504. The van der Waals surface area contributed by atoms with Crippen LogP contribution in [0.1, 0.15) is 12.1 Å². The number of carbonyl (C=O) groups excluding carboxylic acids is 1. The van der Waals surface area contributed by atoms with Crippen molar-refractivity contribution in [1.29, 1.82) is 0 Å². The molecule has 0 aliphatic carbocycles. The maximum Gasteiger partial charge on any atom is 0.227 e. The molecule has 3 rings (SSSR count). The monoisotopic (exact) mass is 241 g/mol. The third-order valence-electron chi connectivity index (χ3n) is 3.38. The summed E-state index contributed by atoms with van der Waals surface area (Å²) < 4.78 is 2.12. The minimum Gasteiger partial charge on any atom is -0.335 e. The van der Waals surface area contributed by atoms with E-state index in [1.54, 1.807) is 0 Å². The Morgan fingerprint density at radius 3 is 3.00 bits per heavy atom. The second-order valence-corrected chi connectivity index (χ2v) is 4.62. The summed E-state index contributed by atoms with van der Waals surface area (Å²) in [6.45, 7) is 0.877. The summed E-state index contributed by atoms with van der Waals surface area (Å²) in [4.78, 5) is 16.3. The molecule has 0 saturated heterocycles. The first-order valence-electron chi connectivity index (χ1n) is 6.18. The number of rotatable bonds is 2. The number of amides is 1. The number of aromatic nitrogens is 2. The third kappa shape index (κ3) is 2.14. The van der Waals surface area contributed by atoms with Crippen LogP contribution in [-0.2, 0) is 17.8 Å². The van der Waals surface area contributed by atoms with Gasteiger partial charge in [-0.15, -0.1) is 0 Å². The molecule has 4 nitrogen and oxygen atoms in total. The normalized spacial score (nSPS) is 18.1. The fourth-order valence-corrected chi connectivity index (χ4v) is 2.36. The first-order chi connectivity index (χ1) is 8.83. The van der Waals surface area contributed by atoms with Crippen molar-refractivity contribution in [2.24, 2.45) is 5.92 Å². The van der Waals surface area contributed by atoms with Crippen LogP contribution in [0.3, 0.4) is 0 Å². The molecule has 0 radical (unpaired) electrons. The SMILES string of the molecule is O=C(Nc1ccccc1)C1CCn2cncc2C1. The van der Waals surface area contributed by atoms with Gasteiger partial charge in [0.05, 0.1) is 6.33 Å². The topological polar surface area (TPSA) is 46.9 Å². The molecule has 1 aromatic carbocycles. The lowest BCUT2D eigenvalue weighted by Gasteiger charge is -2.22. The third-order valence-corrected chi connectivity index (χ3v) is 3.38. The Morgan fingerprint density at radius 2 is 2.17 bits per heavy atom. The van der Waals surface area contributed by atoms with Crippen LogP contribution in [0.5, 0.6) is 0 Å². The number of imidazole rings is 1. The molecule has 0 saturated carbocycles. The second kappa shape index (κ2) is 4.64. The molecular weight excluding hydrogens is 226 g/mol. The van der Waals surface area contributed by atoms with Crippen LogP contribution in [0.15, 0.2) is 42.9 Å². The Balaban J connectivity index is 1.68. The molecule has 1 amide bonds. The number of carbonyl (C=O) groups is 1. The molecular formula is C14H15N3O. The van der Waals surface area contributed by atoms with Crippen LogP contribution in [0.4, 0.5) is 5.69 Å². The smallest absolute Gasteiger partial charge is 0.227 e. The molecule has 1 unspecified atom stereocenters. The highest BCUT2D eigenvalue weighted by Gasteiger charge is 2.24. The molecule has 92 valence electrons. The van der Waals surface area contributed by atoms with Gasteiger partial charge in [0.1, 0.15) is 0 Å². The van der Waals surface area contributed by atoms with Crippen molar-refractivity contribution in [3.63, 3.8) is 0 Å². The van der Waals surface area contributed by atoms with Crippen LogP contribution in [0.2, 0.25) is 0 Å². The Kier molecular flexibility index (Phi) is 2.84. The highest BCUT2D eigenvalue weighted by molar-refractivity contribution is 5.92. The van der Waals surface area contributed by atoms with Gasteiger partial charge in [0.25, 0.3) is 0 Å². The van der Waals surface area contributed by atoms with E-state index in [2.05, 4.69) is 14.9 Å². The van der Waals surface area contributed by atoms with Crippen LogP contribution < -0.4 is 5.32 Å². The van der Waals surface area contributed by atoms with Gasteiger partial charge >= 0.3 is 0 Å². The summed E-state index contributed by atoms with van der Waals surface area (Å²) >= 11 is 0. The predicted molar refractivity (Wildman–Crippen MR) is 69.1 cm³/mol. The number of nitrogens with one attached hydrogen (secondary N) is 1. The van der Waals surface area contributed by atoms with E-state index in [4.69, 9.17) is 0 Å². The van der Waals surface area contributed by atoms with Crippen molar-refractivity contribution >= 4 is 11.6 Å². The van der Waals surface area contributed by atoms with E-state index in [-0.39, 0.29) is 11.8 Å². The van der Waals surface area contributed by atoms with E-state index < -0.39 is 0 Å². The lowest BCUT2D eigenvalue weighted by molar-refractivity contribution is -0.120. The van der Waals surface area contributed by atoms with E-state index in [9.17, 15) is 4.79 Å². The van der Waals surface area contributed by atoms with Crippen molar-refractivity contribution in [2.75, 3.05) is 5.32 Å². The zero-order valence-corrected chi connectivity index (χ0v) is 10.0. The predicted octanol–water partition coefficient (Wildman–Crippen LogP) is 2.08. The molecule has 0 fully saturated rings. The standard InChI is InChI=1S/C14H15N3O/c18-14(16-12-4-2-1-3-5-12)11-6-7-17-10-15-9-13(17)8-11/h1-5,9-11H,6-8H2,(H,16,18). The molecule has 0 spiro atoms. The van der Waals surface area contributed by atoms with Gasteiger partial charge in [0.2, 0.25) is 5.91 Å². The Hall–Kier alpha value is -2.10. The Bertz CT molecular complexity index is 547. The number of fused-ring (bicyclic) bond motifs is 1. The molecule has 2 aromatic rings. The molecule has 1 atom stereocenters. The number of benzene rings is 1. The molecule has 4 heteroatoms. The van der Waals surface area contributed by atoms with Crippen LogP contribution in [-0.4, -0.2) is 15.5 Å². The Morgan fingerprint density at radius 1 is 1.33 bits per heavy atom. The van der Waals surface area contributed by atoms with Crippen molar-refractivity contribution in [3.05, 3.63) is 48.5 Å². The van der Waals surface area contributed by atoms with Crippen LogP contribution >= 0.6 is 0 Å². The van der Waals surface area contributed by atoms with Crippen molar-refractivity contribution in [3.8, 4) is 0 Å². The number of para-hydroxylation sites is 1. The largest absolute Gasteiger partial charge is 0.335 e. The van der Waals surface area contributed by atoms with Crippen LogP contribution in [0.25, 0.3) is 0 Å². The first-order valence-corrected chi connectivity index (χ1v) is 6.18. The average molecular weight is 241 g/mol. The summed E-state index contributed by atoms with van der Waals surface area (Å²) in [5.41, 5.74) is 2.01. The van der Waals surface area contributed by atoms with Gasteiger partial charge in [0.15, 0.2) is 0 Å². The number of hydrogen-bond donors (Lipinski definition) is 1. The number of hydrogen-bond acceptors (Lipinski definition) is 2. The number of anilines is 1. The van der Waals surface area contributed by atoms with Gasteiger partial charge in [-0.3, -0.25) is 4.79 Å². The molecule has 2 heterocycles. The van der Waals surface area contributed by atoms with Gasteiger partial charge in [-0.1, -0.05) is 18.2 Å². The number of nitrogens with zero attached hydrogens (tertiary/aromatic N) is 2. The lowest BCUT2D eigenvalue weighted by Crippen LogP contribution is -2.29. The van der Waals surface area contributed by atoms with Gasteiger partial charge in [-0.25, -0.2) is 4.98 Å². The average Bonchev–Trinajstić information content (AvgIpc) is 2.87. The summed E-state index contributed by atoms with van der Waals surface area (Å²) in [5, 5.41) is 2.97. The molecule has 1 aliphatic heterocycles. The maximum absolute atomic E-state index is 12.2. The summed E-state index contributed by atoms with van der Waals surface area (Å²) in [6.07, 6.45) is 5.34. The van der Waals surface area contributed by atoms with E-state index in [0.29, 0.717) is 0 Å². The minimum absolute atomic E-state index is 0.0504. The molecule has 0 bridgehead atoms. The van der Waals surface area contributed by atoms with Crippen molar-refractivity contribution in [1.82, 2.24) is 9.55 Å². The summed E-state index contributed by atoms with van der Waals surface area (Å²) in [6, 6.07) is 9.60. The van der Waals surface area contributed by atoms with Crippen LogP contribution in [0, 0.1) is 5.92 Å². The summed E-state index contributed by atoms with van der Waals surface area (Å²) in [5.74, 6) is 0.156. The molecule has 1 aliphatic rings. The fraction of sp³-hybridized carbons (Fsp3) is 0.286. The van der Waals surface area contributed by atoms with Crippen molar-refractivity contribution < 1.29 is 4.79 Å². The van der Waals surface area contributed by atoms with E-state index in [1.807, 2.05) is 42.9 Å². The van der Waals surface area contributed by atoms with E-state index in [0.717, 1.165) is 30.8 Å². The van der Waals surface area contributed by atoms with Gasteiger partial charge in [-0.2, -0.15) is 0 Å². The highest BCUT2D eigenvalue weighted by atomic mass is 16.1. The van der Waals surface area contributed by atoms with Gasteiger partial charge in [0, 0.05) is 36.5 Å². The first kappa shape index (κ1) is 11.0.